The summed E-state index contributed by atoms with van der Waals surface area (Å²) in [4.78, 5) is 41.3. The maximum Gasteiger partial charge on any atom is 0.415 e. The van der Waals surface area contributed by atoms with E-state index in [2.05, 4.69) is 15.6 Å². The zero-order chi connectivity index (χ0) is 20.0. The Balaban J connectivity index is 2.29. The number of ether oxygens (including phenoxy) is 1. The summed E-state index contributed by atoms with van der Waals surface area (Å²) in [6.45, 7) is 6.04. The Morgan fingerprint density at radius 2 is 1.89 bits per heavy atom. The number of carbonyl (C=O) groups excluding carboxylic acids is 3. The third kappa shape index (κ3) is 4.75. The predicted molar refractivity (Wildman–Crippen MR) is 101 cm³/mol. The number of aromatic nitrogens is 2. The summed E-state index contributed by atoms with van der Waals surface area (Å²) in [6.07, 6.45) is 1.78. The van der Waals surface area contributed by atoms with Crippen molar-refractivity contribution in [3.8, 4) is 0 Å². The fourth-order valence-electron chi connectivity index (χ4n) is 2.63. The van der Waals surface area contributed by atoms with Gasteiger partial charge in [0.1, 0.15) is 11.5 Å². The summed E-state index contributed by atoms with van der Waals surface area (Å²) in [5, 5.41) is 5.35. The van der Waals surface area contributed by atoms with Crippen molar-refractivity contribution >= 4 is 29.4 Å². The Morgan fingerprint density at radius 3 is 2.52 bits per heavy atom. The van der Waals surface area contributed by atoms with Gasteiger partial charge in [-0.1, -0.05) is 6.92 Å². The highest BCUT2D eigenvalue weighted by molar-refractivity contribution is 5.94. The highest BCUT2D eigenvalue weighted by Crippen LogP contribution is 2.23. The smallest absolute Gasteiger partial charge is 0.415 e. The van der Waals surface area contributed by atoms with Gasteiger partial charge in [-0.05, 0) is 25.5 Å². The summed E-state index contributed by atoms with van der Waals surface area (Å²) >= 11 is 0. The first kappa shape index (κ1) is 20.2. The molecule has 146 valence electrons. The maximum atomic E-state index is 12.4. The van der Waals surface area contributed by atoms with Gasteiger partial charge in [-0.3, -0.25) is 18.9 Å². The molecule has 0 bridgehead atoms. The Kier molecular flexibility index (Phi) is 6.75. The van der Waals surface area contributed by atoms with Gasteiger partial charge in [-0.15, -0.1) is 0 Å². The van der Waals surface area contributed by atoms with Gasteiger partial charge in [-0.25, -0.2) is 9.78 Å². The molecule has 0 fully saturated rings. The second-order valence-corrected chi connectivity index (χ2v) is 5.88. The van der Waals surface area contributed by atoms with E-state index in [0.29, 0.717) is 36.5 Å². The molecular weight excluding hydrogens is 350 g/mol. The van der Waals surface area contributed by atoms with E-state index < -0.39 is 6.09 Å². The molecule has 2 aromatic rings. The Morgan fingerprint density at radius 1 is 1.19 bits per heavy atom. The van der Waals surface area contributed by atoms with E-state index in [-0.39, 0.29) is 18.4 Å². The van der Waals surface area contributed by atoms with Crippen LogP contribution in [0.5, 0.6) is 0 Å². The molecule has 3 amide bonds. The summed E-state index contributed by atoms with van der Waals surface area (Å²) in [5.41, 5.74) is 1.78. The molecule has 0 saturated heterocycles. The quantitative estimate of drug-likeness (QED) is 0.711. The van der Waals surface area contributed by atoms with Crippen LogP contribution in [0.3, 0.4) is 0 Å². The van der Waals surface area contributed by atoms with Gasteiger partial charge in [0.25, 0.3) is 5.91 Å². The van der Waals surface area contributed by atoms with E-state index in [1.165, 1.54) is 11.8 Å². The second-order valence-electron chi connectivity index (χ2n) is 5.88. The number of pyridine rings is 1. The van der Waals surface area contributed by atoms with Crippen LogP contribution >= 0.6 is 0 Å². The van der Waals surface area contributed by atoms with Crippen LogP contribution in [0.4, 0.5) is 10.6 Å². The summed E-state index contributed by atoms with van der Waals surface area (Å²) in [7, 11) is 1.61. The Bertz CT molecular complexity index is 846. The number of amides is 3. The number of hydrogen-bond donors (Lipinski definition) is 2. The number of imidazole rings is 1. The first-order chi connectivity index (χ1) is 12.9. The molecule has 0 aliphatic carbocycles. The molecule has 9 heteroatoms. The number of nitrogens with zero attached hydrogens (tertiary/aromatic N) is 3. The normalized spacial score (nSPS) is 10.5. The standard InChI is InChI=1S/C18H25N5O4/c1-5-14-17(22(4)18(26)27-6-2)23-11-13(7-8-15(23)21-14)16(25)20-10-9-19-12(3)24/h7-8,11H,5-6,9-10H2,1-4H3,(H,19,24)(H,20,25). The number of nitrogens with one attached hydrogen (secondary N) is 2. The van der Waals surface area contributed by atoms with Gasteiger partial charge in [0.2, 0.25) is 5.91 Å². The largest absolute Gasteiger partial charge is 0.449 e. The fraction of sp³-hybridized carbons (Fsp3) is 0.444. The first-order valence-corrected chi connectivity index (χ1v) is 8.83. The second kappa shape index (κ2) is 9.02. The molecule has 0 spiro atoms. The lowest BCUT2D eigenvalue weighted by Crippen LogP contribution is -2.33. The van der Waals surface area contributed by atoms with Crippen LogP contribution < -0.4 is 15.5 Å². The maximum absolute atomic E-state index is 12.4. The lowest BCUT2D eigenvalue weighted by Gasteiger charge is -2.17. The molecule has 9 nitrogen and oxygen atoms in total. The van der Waals surface area contributed by atoms with Crippen molar-refractivity contribution < 1.29 is 19.1 Å². The van der Waals surface area contributed by atoms with Crippen LogP contribution in [0.25, 0.3) is 5.65 Å². The van der Waals surface area contributed by atoms with E-state index in [1.807, 2.05) is 6.92 Å². The molecule has 0 unspecified atom stereocenters. The number of aryl methyl sites for hydroxylation is 1. The van der Waals surface area contributed by atoms with Gasteiger partial charge in [0.05, 0.1) is 17.9 Å². The Labute approximate surface area is 157 Å². The molecule has 0 saturated carbocycles. The van der Waals surface area contributed by atoms with Gasteiger partial charge in [0, 0.05) is 33.3 Å². The van der Waals surface area contributed by atoms with Crippen molar-refractivity contribution in [3.05, 3.63) is 29.6 Å². The van der Waals surface area contributed by atoms with E-state index in [0.717, 1.165) is 5.69 Å². The number of anilines is 1. The van der Waals surface area contributed by atoms with Gasteiger partial charge >= 0.3 is 6.09 Å². The van der Waals surface area contributed by atoms with Crippen LogP contribution in [0.1, 0.15) is 36.8 Å². The van der Waals surface area contributed by atoms with E-state index in [1.54, 1.807) is 36.7 Å². The highest BCUT2D eigenvalue weighted by Gasteiger charge is 2.21. The lowest BCUT2D eigenvalue weighted by molar-refractivity contribution is -0.118. The minimum absolute atomic E-state index is 0.150. The fourth-order valence-corrected chi connectivity index (χ4v) is 2.63. The van der Waals surface area contributed by atoms with Crippen molar-refractivity contribution in [2.24, 2.45) is 0 Å². The van der Waals surface area contributed by atoms with Crippen molar-refractivity contribution in [1.82, 2.24) is 20.0 Å². The number of carbonyl (C=O) groups is 3. The van der Waals surface area contributed by atoms with Gasteiger partial charge in [0.15, 0.2) is 0 Å². The molecule has 0 aliphatic rings. The summed E-state index contributed by atoms with van der Waals surface area (Å²) in [5.74, 6) is 0.139. The van der Waals surface area contributed by atoms with Crippen LogP contribution in [0.15, 0.2) is 18.3 Å². The number of hydrogen-bond acceptors (Lipinski definition) is 5. The Hall–Kier alpha value is -3.10. The van der Waals surface area contributed by atoms with Crippen LogP contribution in [-0.4, -0.2) is 54.0 Å². The molecule has 27 heavy (non-hydrogen) atoms. The van der Waals surface area contributed by atoms with Crippen molar-refractivity contribution in [3.63, 3.8) is 0 Å². The predicted octanol–water partition coefficient (Wildman–Crippen LogP) is 1.36. The SMILES string of the molecule is CCOC(=O)N(C)c1c(CC)nc2ccc(C(=O)NCCNC(C)=O)cn12. The molecule has 0 atom stereocenters. The van der Waals surface area contributed by atoms with Crippen molar-refractivity contribution in [1.29, 1.82) is 0 Å². The minimum atomic E-state index is -0.487. The van der Waals surface area contributed by atoms with Crippen molar-refractivity contribution in [2.45, 2.75) is 27.2 Å². The lowest BCUT2D eigenvalue weighted by atomic mass is 10.2. The summed E-state index contributed by atoms with van der Waals surface area (Å²) < 4.78 is 6.78. The molecule has 2 N–H and O–H groups in total. The molecule has 2 heterocycles. The molecule has 0 aromatic carbocycles. The zero-order valence-corrected chi connectivity index (χ0v) is 16.0. The van der Waals surface area contributed by atoms with E-state index in [4.69, 9.17) is 4.74 Å². The van der Waals surface area contributed by atoms with E-state index in [9.17, 15) is 14.4 Å². The van der Waals surface area contributed by atoms with Gasteiger partial charge < -0.3 is 15.4 Å². The topological polar surface area (TPSA) is 105 Å². The van der Waals surface area contributed by atoms with Crippen LogP contribution in [0.2, 0.25) is 0 Å². The molecule has 0 aliphatic heterocycles. The number of fused-ring (bicyclic) bond motifs is 1. The molecule has 2 rings (SSSR count). The highest BCUT2D eigenvalue weighted by atomic mass is 16.6. The van der Waals surface area contributed by atoms with Crippen LogP contribution in [0, 0.1) is 0 Å². The number of rotatable bonds is 7. The third-order valence-electron chi connectivity index (χ3n) is 3.90. The van der Waals surface area contributed by atoms with E-state index >= 15 is 0 Å². The zero-order valence-electron chi connectivity index (χ0n) is 16.0. The first-order valence-electron chi connectivity index (χ1n) is 8.83. The van der Waals surface area contributed by atoms with Crippen molar-refractivity contribution in [2.75, 3.05) is 31.6 Å². The average Bonchev–Trinajstić information content (AvgIpc) is 3.02. The monoisotopic (exact) mass is 375 g/mol. The molecule has 2 aromatic heterocycles. The van der Waals surface area contributed by atoms with Gasteiger partial charge in [-0.2, -0.15) is 0 Å². The molecular formula is C18H25N5O4. The average molecular weight is 375 g/mol. The third-order valence-corrected chi connectivity index (χ3v) is 3.90. The summed E-state index contributed by atoms with van der Waals surface area (Å²) in [6, 6.07) is 3.40. The minimum Gasteiger partial charge on any atom is -0.449 e. The van der Waals surface area contributed by atoms with Crippen LogP contribution in [-0.2, 0) is 16.0 Å². The molecule has 0 radical (unpaired) electrons.